The molecule has 0 saturated heterocycles. The van der Waals surface area contributed by atoms with Gasteiger partial charge in [0, 0.05) is 12.2 Å². The van der Waals surface area contributed by atoms with Crippen LogP contribution in [0.25, 0.3) is 6.08 Å². The van der Waals surface area contributed by atoms with Crippen LogP contribution in [0.15, 0.2) is 29.8 Å². The van der Waals surface area contributed by atoms with Crippen LogP contribution in [0.3, 0.4) is 0 Å². The fourth-order valence-corrected chi connectivity index (χ4v) is 2.87. The number of fused-ring (bicyclic) bond motifs is 1. The molecule has 88 valence electrons. The van der Waals surface area contributed by atoms with Crippen molar-refractivity contribution < 1.29 is 4.79 Å². The van der Waals surface area contributed by atoms with Gasteiger partial charge in [0.1, 0.15) is 0 Å². The second-order valence-electron chi connectivity index (χ2n) is 5.05. The highest BCUT2D eigenvalue weighted by Crippen LogP contribution is 2.58. The molecule has 17 heavy (non-hydrogen) atoms. The van der Waals surface area contributed by atoms with Gasteiger partial charge in [-0.25, -0.2) is 0 Å². The first kappa shape index (κ1) is 10.4. The Kier molecular flexibility index (Phi) is 2.05. The molecule has 3 N–H and O–H groups in total. The van der Waals surface area contributed by atoms with Gasteiger partial charge < -0.3 is 11.1 Å². The van der Waals surface area contributed by atoms with Crippen molar-refractivity contribution in [2.45, 2.75) is 13.3 Å². The molecule has 3 nitrogen and oxygen atoms in total. The van der Waals surface area contributed by atoms with Gasteiger partial charge in [-0.15, -0.1) is 0 Å². The summed E-state index contributed by atoms with van der Waals surface area (Å²) in [4.78, 5) is 11.7. The Labute approximate surface area is 101 Å². The van der Waals surface area contributed by atoms with Gasteiger partial charge in [-0.05, 0) is 29.5 Å². The summed E-state index contributed by atoms with van der Waals surface area (Å²) >= 11 is 0. The largest absolute Gasteiger partial charge is 0.381 e. The third-order valence-corrected chi connectivity index (χ3v) is 4.08. The molecule has 1 aromatic carbocycles. The van der Waals surface area contributed by atoms with Crippen LogP contribution in [0, 0.1) is 11.3 Å². The van der Waals surface area contributed by atoms with Crippen molar-refractivity contribution in [3.8, 4) is 0 Å². The Morgan fingerprint density at radius 3 is 2.82 bits per heavy atom. The van der Waals surface area contributed by atoms with E-state index in [1.165, 1.54) is 0 Å². The first-order valence-corrected chi connectivity index (χ1v) is 5.98. The van der Waals surface area contributed by atoms with Gasteiger partial charge >= 0.3 is 0 Å². The Morgan fingerprint density at radius 2 is 2.18 bits per heavy atom. The highest BCUT2D eigenvalue weighted by molar-refractivity contribution is 5.91. The number of amides is 1. The lowest BCUT2D eigenvalue weighted by atomic mass is 9.88. The van der Waals surface area contributed by atoms with Crippen LogP contribution in [0.5, 0.6) is 0 Å². The standard InChI is InChI=1S/C14H16N2O/c1-9-7-14(9,13(15)17)11-6-10-4-2-3-5-12(10)16-8-11/h2-6,9,16H,7-8H2,1H3,(H2,15,17). The van der Waals surface area contributed by atoms with Crippen molar-refractivity contribution in [2.75, 3.05) is 11.9 Å². The van der Waals surface area contributed by atoms with E-state index in [4.69, 9.17) is 5.73 Å². The topological polar surface area (TPSA) is 55.1 Å². The van der Waals surface area contributed by atoms with Crippen LogP contribution >= 0.6 is 0 Å². The number of hydrogen-bond acceptors (Lipinski definition) is 2. The molecular weight excluding hydrogens is 212 g/mol. The summed E-state index contributed by atoms with van der Waals surface area (Å²) in [5.41, 5.74) is 8.59. The molecular formula is C14H16N2O. The third kappa shape index (κ3) is 1.38. The number of carbonyl (C=O) groups excluding carboxylic acids is 1. The second-order valence-corrected chi connectivity index (χ2v) is 5.05. The van der Waals surface area contributed by atoms with E-state index >= 15 is 0 Å². The lowest BCUT2D eigenvalue weighted by Crippen LogP contribution is -2.31. The Hall–Kier alpha value is -1.77. The molecule has 0 spiro atoms. The number of anilines is 1. The van der Waals surface area contributed by atoms with Crippen LogP contribution in [0.2, 0.25) is 0 Å². The van der Waals surface area contributed by atoms with E-state index in [2.05, 4.69) is 30.4 Å². The molecule has 0 bridgehead atoms. The summed E-state index contributed by atoms with van der Waals surface area (Å²) in [7, 11) is 0. The van der Waals surface area contributed by atoms with Crippen molar-refractivity contribution in [1.82, 2.24) is 0 Å². The van der Waals surface area contributed by atoms with E-state index in [0.717, 1.165) is 29.8 Å². The smallest absolute Gasteiger partial charge is 0.228 e. The van der Waals surface area contributed by atoms with Gasteiger partial charge in [0.25, 0.3) is 0 Å². The maximum Gasteiger partial charge on any atom is 0.228 e. The number of rotatable bonds is 2. The summed E-state index contributed by atoms with van der Waals surface area (Å²) in [5.74, 6) is 0.191. The molecule has 1 heterocycles. The second kappa shape index (κ2) is 3.36. The Bertz CT molecular complexity index is 521. The molecule has 3 heteroatoms. The van der Waals surface area contributed by atoms with Crippen molar-refractivity contribution in [3.05, 3.63) is 35.4 Å². The molecule has 1 aliphatic carbocycles. The molecule has 2 unspecified atom stereocenters. The zero-order valence-corrected chi connectivity index (χ0v) is 9.86. The average Bonchev–Trinajstić information content (AvgIpc) is 3.02. The minimum absolute atomic E-state index is 0.183. The number of hydrogen-bond donors (Lipinski definition) is 2. The first-order chi connectivity index (χ1) is 8.14. The lowest BCUT2D eigenvalue weighted by molar-refractivity contribution is -0.122. The lowest BCUT2D eigenvalue weighted by Gasteiger charge is -2.24. The molecule has 0 aromatic heterocycles. The minimum Gasteiger partial charge on any atom is -0.381 e. The highest BCUT2D eigenvalue weighted by Gasteiger charge is 2.58. The molecule has 2 aliphatic rings. The van der Waals surface area contributed by atoms with Crippen molar-refractivity contribution in [1.29, 1.82) is 0 Å². The quantitative estimate of drug-likeness (QED) is 0.813. The van der Waals surface area contributed by atoms with E-state index in [1.807, 2.05) is 12.1 Å². The van der Waals surface area contributed by atoms with E-state index in [0.29, 0.717) is 5.92 Å². The normalized spacial score (nSPS) is 29.9. The van der Waals surface area contributed by atoms with Gasteiger partial charge in [-0.1, -0.05) is 31.2 Å². The van der Waals surface area contributed by atoms with Gasteiger partial charge in [0.05, 0.1) is 5.41 Å². The number of para-hydroxylation sites is 1. The van der Waals surface area contributed by atoms with Crippen molar-refractivity contribution in [3.63, 3.8) is 0 Å². The molecule has 1 aliphatic heterocycles. The minimum atomic E-state index is -0.388. The summed E-state index contributed by atoms with van der Waals surface area (Å²) in [6.07, 6.45) is 3.01. The van der Waals surface area contributed by atoms with Crippen LogP contribution in [-0.2, 0) is 4.79 Å². The maximum atomic E-state index is 11.7. The molecule has 1 aromatic rings. The SMILES string of the molecule is CC1CC1(C(N)=O)C1=Cc2ccccc2NC1. The maximum absolute atomic E-state index is 11.7. The highest BCUT2D eigenvalue weighted by atomic mass is 16.1. The van der Waals surface area contributed by atoms with Crippen molar-refractivity contribution >= 4 is 17.7 Å². The molecule has 1 fully saturated rings. The fraction of sp³-hybridized carbons (Fsp3) is 0.357. The molecule has 2 atom stereocenters. The zero-order chi connectivity index (χ0) is 12.0. The van der Waals surface area contributed by atoms with Crippen molar-refractivity contribution in [2.24, 2.45) is 17.1 Å². The number of nitrogens with two attached hydrogens (primary N) is 1. The summed E-state index contributed by atoms with van der Waals surface area (Å²) in [5, 5.41) is 3.36. The zero-order valence-electron chi connectivity index (χ0n) is 9.86. The molecule has 1 saturated carbocycles. The van der Waals surface area contributed by atoms with Gasteiger partial charge in [-0.2, -0.15) is 0 Å². The number of primary amides is 1. The first-order valence-electron chi connectivity index (χ1n) is 5.98. The Morgan fingerprint density at radius 1 is 1.47 bits per heavy atom. The van der Waals surface area contributed by atoms with E-state index in [-0.39, 0.29) is 11.3 Å². The van der Waals surface area contributed by atoms with E-state index < -0.39 is 0 Å². The number of carbonyl (C=O) groups is 1. The summed E-state index contributed by atoms with van der Waals surface area (Å²) < 4.78 is 0. The van der Waals surface area contributed by atoms with Gasteiger partial charge in [-0.3, -0.25) is 4.79 Å². The van der Waals surface area contributed by atoms with Gasteiger partial charge in [0.2, 0.25) is 5.91 Å². The van der Waals surface area contributed by atoms with Crippen LogP contribution in [0.1, 0.15) is 18.9 Å². The van der Waals surface area contributed by atoms with Crippen LogP contribution in [-0.4, -0.2) is 12.5 Å². The predicted octanol–water partition coefficient (Wildman–Crippen LogP) is 2.01. The number of nitrogens with one attached hydrogen (secondary N) is 1. The predicted molar refractivity (Wildman–Crippen MR) is 68.3 cm³/mol. The van der Waals surface area contributed by atoms with E-state index in [9.17, 15) is 4.79 Å². The third-order valence-electron chi connectivity index (χ3n) is 4.08. The monoisotopic (exact) mass is 228 g/mol. The van der Waals surface area contributed by atoms with E-state index in [1.54, 1.807) is 0 Å². The summed E-state index contributed by atoms with van der Waals surface area (Å²) in [6, 6.07) is 8.13. The van der Waals surface area contributed by atoms with Crippen LogP contribution < -0.4 is 11.1 Å². The Balaban J connectivity index is 2.02. The molecule has 0 radical (unpaired) electrons. The summed E-state index contributed by atoms with van der Waals surface area (Å²) in [6.45, 7) is 2.82. The van der Waals surface area contributed by atoms with Crippen LogP contribution in [0.4, 0.5) is 5.69 Å². The molecule has 1 amide bonds. The number of benzene rings is 1. The molecule has 3 rings (SSSR count). The van der Waals surface area contributed by atoms with Gasteiger partial charge in [0.15, 0.2) is 0 Å². The fourth-order valence-electron chi connectivity index (χ4n) is 2.87. The average molecular weight is 228 g/mol.